The summed E-state index contributed by atoms with van der Waals surface area (Å²) < 4.78 is 0. The van der Waals surface area contributed by atoms with E-state index in [1.165, 1.54) is 29.4 Å². The molecule has 0 saturated carbocycles. The highest BCUT2D eigenvalue weighted by atomic mass is 32.2. The highest BCUT2D eigenvalue weighted by Crippen LogP contribution is 1.99. The summed E-state index contributed by atoms with van der Waals surface area (Å²) in [5, 5.41) is 0. The highest BCUT2D eigenvalue weighted by Gasteiger charge is 2.11. The molecule has 2 heteroatoms. The molecule has 0 radical (unpaired) electrons. The summed E-state index contributed by atoms with van der Waals surface area (Å²) in [7, 11) is 1.42. The zero-order chi connectivity index (χ0) is 8.69. The van der Waals surface area contributed by atoms with Gasteiger partial charge in [-0.3, -0.25) is 0 Å². The van der Waals surface area contributed by atoms with Gasteiger partial charge >= 0.3 is 0 Å². The fraction of sp³-hybridized carbons (Fsp3) is 1.00. The molecule has 0 spiro atoms. The van der Waals surface area contributed by atoms with E-state index in [4.69, 9.17) is 0 Å². The maximum absolute atomic E-state index is 2.39. The zero-order valence-corrected chi connectivity index (χ0v) is 9.99. The molecule has 0 aromatic rings. The van der Waals surface area contributed by atoms with Crippen molar-refractivity contribution in [2.75, 3.05) is 35.5 Å². The van der Waals surface area contributed by atoms with Gasteiger partial charge in [-0.2, -0.15) is 0 Å². The topological polar surface area (TPSA) is 0 Å². The SMILES string of the molecule is CC[S+](C)CCC[S+](C)CC. The Morgan fingerprint density at radius 2 is 1.18 bits per heavy atom. The number of hydrogen-bond acceptors (Lipinski definition) is 0. The Bertz CT molecular complexity index is 73.6. The molecule has 68 valence electrons. The summed E-state index contributed by atoms with van der Waals surface area (Å²) in [6.07, 6.45) is 6.24. The van der Waals surface area contributed by atoms with Crippen LogP contribution in [0, 0.1) is 0 Å². The third-order valence-electron chi connectivity index (χ3n) is 1.97. The van der Waals surface area contributed by atoms with Crippen LogP contribution >= 0.6 is 0 Å². The Labute approximate surface area is 77.8 Å². The lowest BCUT2D eigenvalue weighted by Gasteiger charge is -2.00. The van der Waals surface area contributed by atoms with Crippen molar-refractivity contribution in [3.05, 3.63) is 0 Å². The van der Waals surface area contributed by atoms with Gasteiger partial charge in [0, 0.05) is 6.42 Å². The van der Waals surface area contributed by atoms with Crippen LogP contribution in [0.5, 0.6) is 0 Å². The van der Waals surface area contributed by atoms with Crippen molar-refractivity contribution in [1.29, 1.82) is 0 Å². The molecule has 0 aliphatic rings. The molecule has 0 fully saturated rings. The van der Waals surface area contributed by atoms with Gasteiger partial charge in [-0.15, -0.1) is 0 Å². The van der Waals surface area contributed by atoms with Gasteiger partial charge in [-0.1, -0.05) is 0 Å². The van der Waals surface area contributed by atoms with E-state index in [1.807, 2.05) is 0 Å². The van der Waals surface area contributed by atoms with Gasteiger partial charge in [0.05, 0.1) is 12.5 Å². The third-order valence-corrected chi connectivity index (χ3v) is 5.91. The summed E-state index contributed by atoms with van der Waals surface area (Å²) in [5.74, 6) is 5.69. The van der Waals surface area contributed by atoms with E-state index in [1.54, 1.807) is 0 Å². The van der Waals surface area contributed by atoms with E-state index in [-0.39, 0.29) is 0 Å². The summed E-state index contributed by atoms with van der Waals surface area (Å²) in [6, 6.07) is 0. The minimum Gasteiger partial charge on any atom is -0.0199 e. The fourth-order valence-electron chi connectivity index (χ4n) is 0.840. The Morgan fingerprint density at radius 1 is 0.818 bits per heavy atom. The summed E-state index contributed by atoms with van der Waals surface area (Å²) in [4.78, 5) is 0. The molecule has 11 heavy (non-hydrogen) atoms. The lowest BCUT2D eigenvalue weighted by molar-refractivity contribution is 1.11. The van der Waals surface area contributed by atoms with E-state index < -0.39 is 0 Å². The van der Waals surface area contributed by atoms with Gasteiger partial charge in [0.1, 0.15) is 23.0 Å². The summed E-state index contributed by atoms with van der Waals surface area (Å²) in [6.45, 7) is 4.60. The molecule has 0 aliphatic heterocycles. The second kappa shape index (κ2) is 7.35. The predicted octanol–water partition coefficient (Wildman–Crippen LogP) is 1.91. The average Bonchev–Trinajstić information content (AvgIpc) is 2.04. The van der Waals surface area contributed by atoms with Crippen LogP contribution in [-0.2, 0) is 21.8 Å². The van der Waals surface area contributed by atoms with Crippen molar-refractivity contribution in [3.63, 3.8) is 0 Å². The van der Waals surface area contributed by atoms with Crippen LogP contribution in [0.2, 0.25) is 0 Å². The van der Waals surface area contributed by atoms with Gasteiger partial charge in [0.25, 0.3) is 0 Å². The zero-order valence-electron chi connectivity index (χ0n) is 8.35. The molecule has 0 rings (SSSR count). The quantitative estimate of drug-likeness (QED) is 0.567. The van der Waals surface area contributed by atoms with Crippen LogP contribution in [0.15, 0.2) is 0 Å². The smallest absolute Gasteiger partial charge is 0.0199 e. The van der Waals surface area contributed by atoms with Gasteiger partial charge in [0.15, 0.2) is 0 Å². The van der Waals surface area contributed by atoms with Crippen molar-refractivity contribution in [1.82, 2.24) is 0 Å². The van der Waals surface area contributed by atoms with Crippen LogP contribution in [0.25, 0.3) is 0 Å². The molecule has 0 aromatic carbocycles. The van der Waals surface area contributed by atoms with E-state index >= 15 is 0 Å². The Kier molecular flexibility index (Phi) is 7.82. The third kappa shape index (κ3) is 7.07. The van der Waals surface area contributed by atoms with Gasteiger partial charge in [-0.25, -0.2) is 0 Å². The molecule has 2 unspecified atom stereocenters. The van der Waals surface area contributed by atoms with Crippen LogP contribution in [0.4, 0.5) is 0 Å². The molecule has 2 atom stereocenters. The summed E-state index contributed by atoms with van der Waals surface area (Å²) >= 11 is 0. The first kappa shape index (κ1) is 11.7. The lowest BCUT2D eigenvalue weighted by atomic mass is 10.6. The maximum atomic E-state index is 2.39. The molecular weight excluding hydrogens is 172 g/mol. The van der Waals surface area contributed by atoms with Crippen molar-refractivity contribution in [3.8, 4) is 0 Å². The fourth-order valence-corrected chi connectivity index (χ4v) is 2.87. The molecule has 0 bridgehead atoms. The first-order valence-corrected chi connectivity index (χ1v) is 8.33. The van der Waals surface area contributed by atoms with Gasteiger partial charge in [-0.05, 0) is 35.6 Å². The van der Waals surface area contributed by atoms with Crippen LogP contribution in [-0.4, -0.2) is 35.5 Å². The van der Waals surface area contributed by atoms with E-state index in [0.717, 1.165) is 0 Å². The maximum Gasteiger partial charge on any atom is 0.112 e. The second-order valence-electron chi connectivity index (χ2n) is 2.90. The molecule has 0 N–H and O–H groups in total. The molecule has 0 amide bonds. The molecule has 0 heterocycles. The Hall–Kier alpha value is 0.700. The van der Waals surface area contributed by atoms with Crippen molar-refractivity contribution >= 4 is 21.8 Å². The van der Waals surface area contributed by atoms with Crippen LogP contribution < -0.4 is 0 Å². The molecule has 0 aliphatic carbocycles. The largest absolute Gasteiger partial charge is 0.112 e. The first-order valence-electron chi connectivity index (χ1n) is 4.39. The standard InChI is InChI=1S/C9H22S2/c1-5-10(3)8-7-9-11(4)6-2/h5-9H2,1-4H3/q+2. The monoisotopic (exact) mass is 194 g/mol. The van der Waals surface area contributed by atoms with Crippen molar-refractivity contribution in [2.24, 2.45) is 0 Å². The van der Waals surface area contributed by atoms with Gasteiger partial charge in [0.2, 0.25) is 0 Å². The predicted molar refractivity (Wildman–Crippen MR) is 62.0 cm³/mol. The lowest BCUT2D eigenvalue weighted by Crippen LogP contribution is -2.14. The molecule has 0 nitrogen and oxygen atoms in total. The molecule has 0 aromatic heterocycles. The van der Waals surface area contributed by atoms with Crippen molar-refractivity contribution in [2.45, 2.75) is 20.3 Å². The van der Waals surface area contributed by atoms with E-state index in [9.17, 15) is 0 Å². The van der Waals surface area contributed by atoms with E-state index in [0.29, 0.717) is 21.8 Å². The van der Waals surface area contributed by atoms with Crippen molar-refractivity contribution < 1.29 is 0 Å². The Balaban J connectivity index is 3.13. The second-order valence-corrected chi connectivity index (χ2v) is 8.00. The summed E-state index contributed by atoms with van der Waals surface area (Å²) in [5.41, 5.74) is 0. The Morgan fingerprint density at radius 3 is 1.45 bits per heavy atom. The highest BCUT2D eigenvalue weighted by molar-refractivity contribution is 7.97. The normalized spacial score (nSPS) is 16.4. The van der Waals surface area contributed by atoms with Gasteiger partial charge < -0.3 is 0 Å². The average molecular weight is 194 g/mol. The van der Waals surface area contributed by atoms with Crippen LogP contribution in [0.3, 0.4) is 0 Å². The minimum atomic E-state index is 0.709. The first-order chi connectivity index (χ1) is 5.20. The number of hydrogen-bond donors (Lipinski definition) is 0. The van der Waals surface area contributed by atoms with Crippen LogP contribution in [0.1, 0.15) is 20.3 Å². The molecular formula is C9H22S2+2. The minimum absolute atomic E-state index is 0.709. The number of rotatable bonds is 6. The molecule has 0 saturated heterocycles. The van der Waals surface area contributed by atoms with E-state index in [2.05, 4.69) is 26.4 Å².